The van der Waals surface area contributed by atoms with Gasteiger partial charge in [-0.05, 0) is 37.0 Å². The van der Waals surface area contributed by atoms with E-state index in [1.807, 2.05) is 30.3 Å². The first-order valence-corrected chi connectivity index (χ1v) is 11.4. The number of amides is 1. The lowest BCUT2D eigenvalue weighted by molar-refractivity contribution is -0.126. The second kappa shape index (κ2) is 9.95. The third kappa shape index (κ3) is 5.12. The zero-order valence-electron chi connectivity index (χ0n) is 17.3. The molecular formula is C22H28N2O5S. The number of methoxy groups -OCH3 is 2. The highest BCUT2D eigenvalue weighted by atomic mass is 32.2. The van der Waals surface area contributed by atoms with Gasteiger partial charge >= 0.3 is 0 Å². The molecule has 1 heterocycles. The molecule has 0 saturated carbocycles. The highest BCUT2D eigenvalue weighted by Gasteiger charge is 2.35. The zero-order valence-corrected chi connectivity index (χ0v) is 18.2. The summed E-state index contributed by atoms with van der Waals surface area (Å²) in [5.41, 5.74) is 1.15. The van der Waals surface area contributed by atoms with Crippen molar-refractivity contribution in [1.29, 1.82) is 0 Å². The van der Waals surface area contributed by atoms with Crippen LogP contribution in [0, 0.1) is 5.92 Å². The molecule has 1 atom stereocenters. The van der Waals surface area contributed by atoms with Gasteiger partial charge in [0.15, 0.2) is 0 Å². The average molecular weight is 433 g/mol. The number of ether oxygens (including phenoxy) is 2. The topological polar surface area (TPSA) is 84.9 Å². The van der Waals surface area contributed by atoms with E-state index < -0.39 is 10.0 Å². The predicted octanol–water partition coefficient (Wildman–Crippen LogP) is 2.46. The monoisotopic (exact) mass is 432 g/mol. The van der Waals surface area contributed by atoms with Crippen LogP contribution in [0.15, 0.2) is 53.4 Å². The number of nitrogens with zero attached hydrogens (tertiary/aromatic N) is 1. The molecule has 162 valence electrons. The molecule has 2 aromatic rings. The number of rotatable bonds is 8. The molecule has 0 aromatic heterocycles. The van der Waals surface area contributed by atoms with Crippen molar-refractivity contribution in [2.75, 3.05) is 33.9 Å². The molecule has 0 radical (unpaired) electrons. The number of nitrogens with one attached hydrogen (secondary N) is 1. The fraction of sp³-hybridized carbons (Fsp3) is 0.409. The van der Waals surface area contributed by atoms with Crippen LogP contribution in [0.1, 0.15) is 18.4 Å². The molecule has 0 aliphatic carbocycles. The molecule has 1 fully saturated rings. The largest absolute Gasteiger partial charge is 0.497 e. The zero-order chi connectivity index (χ0) is 21.6. The van der Waals surface area contributed by atoms with Gasteiger partial charge in [0.05, 0.1) is 20.1 Å². The maximum atomic E-state index is 13.3. The second-order valence-electron chi connectivity index (χ2n) is 7.25. The Balaban J connectivity index is 1.67. The van der Waals surface area contributed by atoms with Gasteiger partial charge in [0.2, 0.25) is 15.9 Å². The third-order valence-corrected chi connectivity index (χ3v) is 7.19. The van der Waals surface area contributed by atoms with E-state index in [2.05, 4.69) is 5.32 Å². The molecule has 1 aliphatic rings. The minimum absolute atomic E-state index is 0.0504. The minimum Gasteiger partial charge on any atom is -0.497 e. The van der Waals surface area contributed by atoms with E-state index in [1.54, 1.807) is 12.1 Å². The van der Waals surface area contributed by atoms with Gasteiger partial charge in [-0.3, -0.25) is 4.79 Å². The number of piperidine rings is 1. The Labute approximate surface area is 178 Å². The van der Waals surface area contributed by atoms with Crippen molar-refractivity contribution in [3.63, 3.8) is 0 Å². The quantitative estimate of drug-likeness (QED) is 0.693. The molecule has 1 saturated heterocycles. The van der Waals surface area contributed by atoms with Gasteiger partial charge in [-0.15, -0.1) is 0 Å². The number of benzene rings is 2. The highest BCUT2D eigenvalue weighted by Crippen LogP contribution is 2.32. The Hall–Kier alpha value is -2.58. The molecule has 1 amide bonds. The normalized spacial score (nSPS) is 17.3. The molecule has 30 heavy (non-hydrogen) atoms. The Bertz CT molecular complexity index is 963. The second-order valence-corrected chi connectivity index (χ2v) is 9.15. The average Bonchev–Trinajstić information content (AvgIpc) is 2.79. The molecule has 2 aromatic carbocycles. The van der Waals surface area contributed by atoms with Crippen LogP contribution >= 0.6 is 0 Å². The number of carbonyl (C=O) groups excluding carboxylic acids is 1. The molecule has 0 bridgehead atoms. The molecule has 0 unspecified atom stereocenters. The van der Waals surface area contributed by atoms with Crippen LogP contribution < -0.4 is 14.8 Å². The molecule has 7 nitrogen and oxygen atoms in total. The summed E-state index contributed by atoms with van der Waals surface area (Å²) in [6, 6.07) is 14.6. The van der Waals surface area contributed by atoms with Gasteiger partial charge in [0.25, 0.3) is 0 Å². The van der Waals surface area contributed by atoms with Crippen LogP contribution in [0.5, 0.6) is 11.5 Å². The van der Waals surface area contributed by atoms with E-state index in [0.717, 1.165) is 12.0 Å². The molecule has 1 N–H and O–H groups in total. The van der Waals surface area contributed by atoms with Crippen molar-refractivity contribution in [1.82, 2.24) is 9.62 Å². The Kier molecular flexibility index (Phi) is 7.33. The summed E-state index contributed by atoms with van der Waals surface area (Å²) in [5.74, 6) is 0.205. The van der Waals surface area contributed by atoms with Crippen molar-refractivity contribution in [2.24, 2.45) is 5.92 Å². The van der Waals surface area contributed by atoms with Gasteiger partial charge in [0, 0.05) is 25.7 Å². The SMILES string of the molecule is COc1ccc(OC)c(S(=O)(=O)N2CCC[C@H](C(=O)NCCc3ccccc3)C2)c1. The van der Waals surface area contributed by atoms with Crippen LogP contribution in [0.4, 0.5) is 0 Å². The van der Waals surface area contributed by atoms with Crippen molar-refractivity contribution < 1.29 is 22.7 Å². The molecule has 1 aliphatic heterocycles. The first kappa shape index (κ1) is 22.1. The minimum atomic E-state index is -3.82. The third-order valence-electron chi connectivity index (χ3n) is 5.30. The lowest BCUT2D eigenvalue weighted by Gasteiger charge is -2.31. The lowest BCUT2D eigenvalue weighted by atomic mass is 9.99. The summed E-state index contributed by atoms with van der Waals surface area (Å²) < 4.78 is 38.3. The first-order valence-electron chi connectivity index (χ1n) is 9.99. The van der Waals surface area contributed by atoms with Gasteiger partial charge in [0.1, 0.15) is 16.4 Å². The molecule has 3 rings (SSSR count). The van der Waals surface area contributed by atoms with Crippen LogP contribution in [-0.4, -0.2) is 52.5 Å². The Morgan fingerprint density at radius 2 is 1.90 bits per heavy atom. The van der Waals surface area contributed by atoms with E-state index in [0.29, 0.717) is 31.7 Å². The smallest absolute Gasteiger partial charge is 0.246 e. The van der Waals surface area contributed by atoms with Gasteiger partial charge in [-0.25, -0.2) is 8.42 Å². The summed E-state index contributed by atoms with van der Waals surface area (Å²) in [5, 5.41) is 2.95. The van der Waals surface area contributed by atoms with Crippen LogP contribution in [0.25, 0.3) is 0 Å². The maximum absolute atomic E-state index is 13.3. The summed E-state index contributed by atoms with van der Waals surface area (Å²) in [4.78, 5) is 12.7. The molecular weight excluding hydrogens is 404 g/mol. The number of sulfonamides is 1. The van der Waals surface area contributed by atoms with Crippen LogP contribution in [0.2, 0.25) is 0 Å². The van der Waals surface area contributed by atoms with Crippen molar-refractivity contribution in [2.45, 2.75) is 24.2 Å². The van der Waals surface area contributed by atoms with E-state index in [4.69, 9.17) is 9.47 Å². The van der Waals surface area contributed by atoms with E-state index in [1.165, 1.54) is 24.6 Å². The lowest BCUT2D eigenvalue weighted by Crippen LogP contribution is -2.45. The fourth-order valence-electron chi connectivity index (χ4n) is 3.62. The summed E-state index contributed by atoms with van der Waals surface area (Å²) in [7, 11) is -0.907. The summed E-state index contributed by atoms with van der Waals surface area (Å²) in [6.45, 7) is 1.05. The predicted molar refractivity (Wildman–Crippen MR) is 114 cm³/mol. The maximum Gasteiger partial charge on any atom is 0.246 e. The van der Waals surface area contributed by atoms with E-state index in [9.17, 15) is 13.2 Å². The van der Waals surface area contributed by atoms with E-state index >= 15 is 0 Å². The van der Waals surface area contributed by atoms with Crippen molar-refractivity contribution in [3.05, 3.63) is 54.1 Å². The number of carbonyl (C=O) groups is 1. The van der Waals surface area contributed by atoms with Gasteiger partial charge in [-0.1, -0.05) is 30.3 Å². The Morgan fingerprint density at radius 1 is 1.13 bits per heavy atom. The molecule has 8 heteroatoms. The summed E-state index contributed by atoms with van der Waals surface area (Å²) in [6.07, 6.45) is 2.03. The standard InChI is InChI=1S/C22H28N2O5S/c1-28-19-10-11-20(29-2)21(15-19)30(26,27)24-14-6-9-18(16-24)22(25)23-13-12-17-7-4-3-5-8-17/h3-5,7-8,10-11,15,18H,6,9,12-14,16H2,1-2H3,(H,23,25)/t18-/m0/s1. The van der Waals surface area contributed by atoms with Crippen molar-refractivity contribution >= 4 is 15.9 Å². The number of hydrogen-bond acceptors (Lipinski definition) is 5. The Morgan fingerprint density at radius 3 is 2.60 bits per heavy atom. The van der Waals surface area contributed by atoms with Gasteiger partial charge in [-0.2, -0.15) is 4.31 Å². The fourth-order valence-corrected chi connectivity index (χ4v) is 5.31. The van der Waals surface area contributed by atoms with Crippen molar-refractivity contribution in [3.8, 4) is 11.5 Å². The molecule has 0 spiro atoms. The highest BCUT2D eigenvalue weighted by molar-refractivity contribution is 7.89. The van der Waals surface area contributed by atoms with Crippen LogP contribution in [-0.2, 0) is 21.2 Å². The van der Waals surface area contributed by atoms with Gasteiger partial charge < -0.3 is 14.8 Å². The van der Waals surface area contributed by atoms with Crippen LogP contribution in [0.3, 0.4) is 0 Å². The number of hydrogen-bond donors (Lipinski definition) is 1. The summed E-state index contributed by atoms with van der Waals surface area (Å²) >= 11 is 0. The first-order chi connectivity index (χ1) is 14.5. The van der Waals surface area contributed by atoms with E-state index in [-0.39, 0.29) is 29.0 Å².